The number of hydrogen-bond acceptors (Lipinski definition) is 3. The Morgan fingerprint density at radius 3 is 2.46 bits per heavy atom. The van der Waals surface area contributed by atoms with E-state index in [1.807, 2.05) is 0 Å². The first-order valence-electron chi connectivity index (χ1n) is 7.10. The molecule has 0 atom stereocenters. The number of nitrogens with zero attached hydrogens (tertiary/aromatic N) is 1. The molecule has 0 radical (unpaired) electrons. The average molecular weight is 363 g/mol. The highest BCUT2D eigenvalue weighted by Crippen LogP contribution is 2.28. The molecule has 0 amide bonds. The molecule has 0 fully saturated rings. The molecule has 124 valence electrons. The van der Waals surface area contributed by atoms with E-state index in [1.54, 1.807) is 71.4 Å². The number of halogens is 1. The van der Waals surface area contributed by atoms with Crippen molar-refractivity contribution in [2.45, 2.75) is 4.90 Å². The number of benzene rings is 2. The maximum absolute atomic E-state index is 12.5. The summed E-state index contributed by atoms with van der Waals surface area (Å²) in [6.45, 7) is 0. The lowest BCUT2D eigenvalue weighted by molar-refractivity contribution is 0.415. The third kappa shape index (κ3) is 3.25. The number of aromatic nitrogens is 1. The number of anilines is 1. The van der Waals surface area contributed by atoms with Crippen LogP contribution in [-0.2, 0) is 10.0 Å². The second kappa shape index (κ2) is 6.59. The Balaban J connectivity index is 1.95. The van der Waals surface area contributed by atoms with Crippen molar-refractivity contribution >= 4 is 27.4 Å². The Hall–Kier alpha value is -2.44. The number of hydrogen-bond donors (Lipinski definition) is 1. The zero-order valence-corrected chi connectivity index (χ0v) is 14.4. The van der Waals surface area contributed by atoms with Crippen LogP contribution in [0.5, 0.6) is 5.75 Å². The van der Waals surface area contributed by atoms with Crippen LogP contribution in [0.4, 0.5) is 5.82 Å². The van der Waals surface area contributed by atoms with Crippen molar-refractivity contribution in [3.05, 3.63) is 71.9 Å². The van der Waals surface area contributed by atoms with Gasteiger partial charge in [0.25, 0.3) is 10.0 Å². The summed E-state index contributed by atoms with van der Waals surface area (Å²) in [5, 5.41) is 0.445. The summed E-state index contributed by atoms with van der Waals surface area (Å²) in [5.74, 6) is 0.971. The van der Waals surface area contributed by atoms with Crippen LogP contribution in [0.3, 0.4) is 0 Å². The molecule has 0 aliphatic heterocycles. The number of rotatable bonds is 5. The molecule has 0 spiro atoms. The van der Waals surface area contributed by atoms with E-state index in [-0.39, 0.29) is 4.90 Å². The number of nitrogens with one attached hydrogen (secondary N) is 1. The summed E-state index contributed by atoms with van der Waals surface area (Å²) < 4.78 is 34.4. The topological polar surface area (TPSA) is 60.3 Å². The second-order valence-electron chi connectivity index (χ2n) is 5.00. The highest BCUT2D eigenvalue weighted by molar-refractivity contribution is 7.92. The highest BCUT2D eigenvalue weighted by atomic mass is 35.5. The van der Waals surface area contributed by atoms with Crippen molar-refractivity contribution in [2.75, 3.05) is 11.8 Å². The van der Waals surface area contributed by atoms with Gasteiger partial charge >= 0.3 is 0 Å². The first-order chi connectivity index (χ1) is 11.5. The lowest BCUT2D eigenvalue weighted by Gasteiger charge is -2.13. The second-order valence-corrected chi connectivity index (χ2v) is 7.09. The van der Waals surface area contributed by atoms with Gasteiger partial charge in [0.2, 0.25) is 0 Å². The van der Waals surface area contributed by atoms with Crippen LogP contribution < -0.4 is 9.46 Å². The van der Waals surface area contributed by atoms with Crippen molar-refractivity contribution in [3.8, 4) is 11.4 Å². The van der Waals surface area contributed by atoms with E-state index in [0.29, 0.717) is 16.6 Å². The third-order valence-corrected chi connectivity index (χ3v) is 5.12. The Kier molecular flexibility index (Phi) is 4.51. The van der Waals surface area contributed by atoms with Gasteiger partial charge in [0.15, 0.2) is 0 Å². The number of methoxy groups -OCH3 is 1. The Bertz CT molecular complexity index is 953. The van der Waals surface area contributed by atoms with E-state index in [0.717, 1.165) is 5.69 Å². The van der Waals surface area contributed by atoms with E-state index in [4.69, 9.17) is 16.3 Å². The fourth-order valence-corrected chi connectivity index (χ4v) is 3.62. The SMILES string of the molecule is COc1ccc(-n2cccc2NS(=O)(=O)c2ccccc2)cc1Cl. The summed E-state index contributed by atoms with van der Waals surface area (Å²) in [6.07, 6.45) is 1.75. The van der Waals surface area contributed by atoms with E-state index >= 15 is 0 Å². The Morgan fingerprint density at radius 2 is 1.79 bits per heavy atom. The molecule has 24 heavy (non-hydrogen) atoms. The predicted molar refractivity (Wildman–Crippen MR) is 94.6 cm³/mol. The molecule has 0 aliphatic rings. The van der Waals surface area contributed by atoms with Crippen LogP contribution in [0, 0.1) is 0 Å². The van der Waals surface area contributed by atoms with Gasteiger partial charge in [-0.2, -0.15) is 0 Å². The van der Waals surface area contributed by atoms with Gasteiger partial charge in [-0.15, -0.1) is 0 Å². The molecule has 1 N–H and O–H groups in total. The minimum absolute atomic E-state index is 0.200. The molecule has 3 aromatic rings. The molecule has 2 aromatic carbocycles. The third-order valence-electron chi connectivity index (χ3n) is 3.45. The zero-order chi connectivity index (χ0) is 17.2. The summed E-state index contributed by atoms with van der Waals surface area (Å²) in [4.78, 5) is 0.200. The van der Waals surface area contributed by atoms with Gasteiger partial charge in [-0.25, -0.2) is 8.42 Å². The van der Waals surface area contributed by atoms with Crippen molar-refractivity contribution in [1.29, 1.82) is 0 Å². The van der Waals surface area contributed by atoms with Crippen LogP contribution in [0.2, 0.25) is 5.02 Å². The summed E-state index contributed by atoms with van der Waals surface area (Å²) in [7, 11) is -2.13. The van der Waals surface area contributed by atoms with E-state index < -0.39 is 10.0 Å². The largest absolute Gasteiger partial charge is 0.495 e. The van der Waals surface area contributed by atoms with Gasteiger partial charge in [0.05, 0.1) is 17.0 Å². The van der Waals surface area contributed by atoms with Gasteiger partial charge in [-0.3, -0.25) is 4.72 Å². The molecule has 1 heterocycles. The Labute approximate surface area is 145 Å². The smallest absolute Gasteiger partial charge is 0.263 e. The van der Waals surface area contributed by atoms with Crippen LogP contribution in [0.15, 0.2) is 71.8 Å². The molecule has 0 unspecified atom stereocenters. The summed E-state index contributed by atoms with van der Waals surface area (Å²) in [5.41, 5.74) is 0.719. The predicted octanol–water partition coefficient (Wildman–Crippen LogP) is 3.94. The van der Waals surface area contributed by atoms with Crippen molar-refractivity contribution in [3.63, 3.8) is 0 Å². The zero-order valence-electron chi connectivity index (χ0n) is 12.8. The first-order valence-corrected chi connectivity index (χ1v) is 8.96. The minimum atomic E-state index is -3.67. The Morgan fingerprint density at radius 1 is 1.04 bits per heavy atom. The maximum atomic E-state index is 12.5. The van der Waals surface area contributed by atoms with E-state index in [1.165, 1.54) is 7.11 Å². The molecule has 0 aliphatic carbocycles. The van der Waals surface area contributed by atoms with Gasteiger partial charge in [-0.1, -0.05) is 29.8 Å². The number of sulfonamides is 1. The fourth-order valence-electron chi connectivity index (χ4n) is 2.29. The normalized spacial score (nSPS) is 11.2. The molecule has 0 saturated carbocycles. The molecular formula is C17H15ClN2O3S. The van der Waals surface area contributed by atoms with Crippen LogP contribution in [0.1, 0.15) is 0 Å². The molecule has 1 aromatic heterocycles. The molecule has 7 heteroatoms. The monoisotopic (exact) mass is 362 g/mol. The van der Waals surface area contributed by atoms with E-state index in [2.05, 4.69) is 4.72 Å². The minimum Gasteiger partial charge on any atom is -0.495 e. The first kappa shape index (κ1) is 16.4. The van der Waals surface area contributed by atoms with Crippen molar-refractivity contribution in [2.24, 2.45) is 0 Å². The van der Waals surface area contributed by atoms with E-state index in [9.17, 15) is 8.42 Å². The molecular weight excluding hydrogens is 348 g/mol. The van der Waals surface area contributed by atoms with Gasteiger partial charge in [-0.05, 0) is 42.5 Å². The average Bonchev–Trinajstić information content (AvgIpc) is 3.03. The molecule has 5 nitrogen and oxygen atoms in total. The number of ether oxygens (including phenoxy) is 1. The highest BCUT2D eigenvalue weighted by Gasteiger charge is 2.16. The lowest BCUT2D eigenvalue weighted by atomic mass is 10.3. The van der Waals surface area contributed by atoms with Crippen molar-refractivity contribution in [1.82, 2.24) is 4.57 Å². The molecule has 0 saturated heterocycles. The fraction of sp³-hybridized carbons (Fsp3) is 0.0588. The standard InChI is InChI=1S/C17H15ClN2O3S/c1-23-16-10-9-13(12-15(16)18)20-11-5-8-17(20)19-24(21,22)14-6-3-2-4-7-14/h2-12,19H,1H3. The quantitative estimate of drug-likeness (QED) is 0.747. The van der Waals surface area contributed by atoms with Crippen molar-refractivity contribution < 1.29 is 13.2 Å². The molecule has 0 bridgehead atoms. The summed E-state index contributed by atoms with van der Waals surface area (Å²) in [6, 6.07) is 16.9. The van der Waals surface area contributed by atoms with Crippen LogP contribution in [0.25, 0.3) is 5.69 Å². The summed E-state index contributed by atoms with van der Waals surface area (Å²) >= 11 is 6.15. The van der Waals surface area contributed by atoms with Gasteiger partial charge in [0, 0.05) is 11.9 Å². The lowest BCUT2D eigenvalue weighted by Crippen LogP contribution is -2.15. The van der Waals surface area contributed by atoms with Gasteiger partial charge < -0.3 is 9.30 Å². The molecule has 3 rings (SSSR count). The van der Waals surface area contributed by atoms with Crippen LogP contribution >= 0.6 is 11.6 Å². The maximum Gasteiger partial charge on any atom is 0.263 e. The van der Waals surface area contributed by atoms with Crippen LogP contribution in [-0.4, -0.2) is 20.1 Å². The van der Waals surface area contributed by atoms with Gasteiger partial charge in [0.1, 0.15) is 11.6 Å².